The lowest BCUT2D eigenvalue weighted by Crippen LogP contribution is -2.35. The van der Waals surface area contributed by atoms with Crippen LogP contribution in [0.2, 0.25) is 5.02 Å². The maximum Gasteiger partial charge on any atom is 0.393 e. The van der Waals surface area contributed by atoms with Crippen LogP contribution in [0.15, 0.2) is 49.1 Å². The Morgan fingerprint density at radius 2 is 1.94 bits per heavy atom. The summed E-state index contributed by atoms with van der Waals surface area (Å²) in [5.41, 5.74) is 0.850. The van der Waals surface area contributed by atoms with Gasteiger partial charge in [0.1, 0.15) is 22.7 Å². The minimum Gasteiger partial charge on any atom is -0.356 e. The van der Waals surface area contributed by atoms with E-state index >= 15 is 0 Å². The number of fused-ring (bicyclic) bond motifs is 2. The third-order valence-corrected chi connectivity index (χ3v) is 7.21. The zero-order valence-electron chi connectivity index (χ0n) is 18.9. The molecule has 2 aliphatic rings. The van der Waals surface area contributed by atoms with Crippen molar-refractivity contribution in [2.24, 2.45) is 5.92 Å². The number of imidazole rings is 1. The number of nitrogens with one attached hydrogen (secondary N) is 1. The molecule has 36 heavy (non-hydrogen) atoms. The minimum absolute atomic E-state index is 0.0596. The van der Waals surface area contributed by atoms with E-state index in [1.807, 2.05) is 0 Å². The summed E-state index contributed by atoms with van der Waals surface area (Å²) in [5.74, 6) is -1.11. The van der Waals surface area contributed by atoms with Crippen LogP contribution >= 0.6 is 11.6 Å². The Morgan fingerprint density at radius 1 is 1.17 bits per heavy atom. The first-order valence-corrected chi connectivity index (χ1v) is 11.6. The normalized spacial score (nSPS) is 21.8. The fraction of sp³-hybridized carbons (Fsp3) is 0.292. The van der Waals surface area contributed by atoms with Gasteiger partial charge in [-0.2, -0.15) is 13.2 Å². The van der Waals surface area contributed by atoms with E-state index in [0.29, 0.717) is 27.5 Å². The first-order valence-electron chi connectivity index (χ1n) is 11.3. The van der Waals surface area contributed by atoms with Crippen molar-refractivity contribution in [2.45, 2.75) is 24.9 Å². The third-order valence-electron chi connectivity index (χ3n) is 6.96. The molecule has 5 heterocycles. The van der Waals surface area contributed by atoms with Crippen LogP contribution in [0.1, 0.15) is 24.5 Å². The molecule has 2 atom stereocenters. The highest BCUT2D eigenvalue weighted by atomic mass is 35.5. The maximum atomic E-state index is 13.5. The van der Waals surface area contributed by atoms with Crippen LogP contribution in [0, 0.1) is 5.92 Å². The van der Waals surface area contributed by atoms with Gasteiger partial charge in [-0.05, 0) is 31.0 Å². The molecule has 0 radical (unpaired) electrons. The number of hydrogen-bond acceptors (Lipinski definition) is 6. The number of amides is 1. The number of nitrogens with zero attached hydrogens (tertiary/aromatic N) is 6. The Balaban J connectivity index is 1.54. The van der Waals surface area contributed by atoms with E-state index in [4.69, 9.17) is 16.6 Å². The molecule has 0 aliphatic carbocycles. The number of rotatable bonds is 3. The molecule has 0 spiro atoms. The van der Waals surface area contributed by atoms with Crippen LogP contribution < -0.4 is 10.2 Å². The lowest BCUT2D eigenvalue weighted by molar-refractivity contribution is -0.168. The standard InChI is InChI=1S/C24H19ClF3N7O/c1-23(13-2-4-15(25)5-3-13)18-20(33-22(23)36)31-19(16-12-34-9-7-29-17(34)10-30-16)32-21(18)35-8-6-14(11-35)24(26,27)28/h2-5,7,9-10,12,14H,6,8,11H2,1H3,(H,31,32,33,36). The van der Waals surface area contributed by atoms with Gasteiger partial charge in [0, 0.05) is 36.7 Å². The molecule has 1 aromatic carbocycles. The molecule has 4 aromatic rings. The molecular formula is C24H19ClF3N7O. The Kier molecular flexibility index (Phi) is 4.98. The van der Waals surface area contributed by atoms with Crippen LogP contribution in [0.25, 0.3) is 17.2 Å². The summed E-state index contributed by atoms with van der Waals surface area (Å²) >= 11 is 6.06. The predicted octanol–water partition coefficient (Wildman–Crippen LogP) is 4.49. The van der Waals surface area contributed by atoms with E-state index in [0.717, 1.165) is 0 Å². The summed E-state index contributed by atoms with van der Waals surface area (Å²) in [6.07, 6.45) is 2.21. The highest BCUT2D eigenvalue weighted by Gasteiger charge is 2.50. The number of halogens is 4. The van der Waals surface area contributed by atoms with Crippen molar-refractivity contribution in [1.82, 2.24) is 24.3 Å². The number of benzene rings is 1. The van der Waals surface area contributed by atoms with Gasteiger partial charge in [0.25, 0.3) is 0 Å². The fourth-order valence-corrected chi connectivity index (χ4v) is 5.04. The highest BCUT2D eigenvalue weighted by molar-refractivity contribution is 6.30. The lowest BCUT2D eigenvalue weighted by atomic mass is 9.77. The van der Waals surface area contributed by atoms with Gasteiger partial charge in [-0.3, -0.25) is 4.79 Å². The summed E-state index contributed by atoms with van der Waals surface area (Å²) < 4.78 is 42.4. The second kappa shape index (κ2) is 7.89. The van der Waals surface area contributed by atoms with Gasteiger partial charge in [-0.1, -0.05) is 23.7 Å². The Labute approximate surface area is 208 Å². The van der Waals surface area contributed by atoms with Crippen molar-refractivity contribution in [3.63, 3.8) is 0 Å². The highest BCUT2D eigenvalue weighted by Crippen LogP contribution is 2.48. The molecule has 8 nitrogen and oxygen atoms in total. The zero-order chi connectivity index (χ0) is 25.2. The number of aromatic nitrogens is 5. The molecule has 0 saturated carbocycles. The van der Waals surface area contributed by atoms with Crippen molar-refractivity contribution in [2.75, 3.05) is 23.3 Å². The van der Waals surface area contributed by atoms with E-state index in [-0.39, 0.29) is 42.9 Å². The SMILES string of the molecule is CC1(c2ccc(Cl)cc2)C(=O)Nc2nc(-c3cn4ccnc4cn3)nc(N3CCC(C(F)(F)F)C3)c21. The van der Waals surface area contributed by atoms with Crippen LogP contribution in [-0.4, -0.2) is 49.5 Å². The summed E-state index contributed by atoms with van der Waals surface area (Å²) in [6, 6.07) is 6.79. The first-order chi connectivity index (χ1) is 17.1. The topological polar surface area (TPSA) is 88.3 Å². The summed E-state index contributed by atoms with van der Waals surface area (Å²) in [5, 5.41) is 3.33. The average molecular weight is 514 g/mol. The Morgan fingerprint density at radius 3 is 2.67 bits per heavy atom. The molecule has 2 unspecified atom stereocenters. The molecule has 2 aliphatic heterocycles. The lowest BCUT2D eigenvalue weighted by Gasteiger charge is -2.28. The van der Waals surface area contributed by atoms with Crippen molar-refractivity contribution >= 4 is 34.8 Å². The number of hydrogen-bond donors (Lipinski definition) is 1. The van der Waals surface area contributed by atoms with Crippen LogP contribution in [0.3, 0.4) is 0 Å². The maximum absolute atomic E-state index is 13.5. The molecule has 6 rings (SSSR count). The Hall–Kier alpha value is -3.73. The van der Waals surface area contributed by atoms with Crippen molar-refractivity contribution in [3.8, 4) is 11.5 Å². The second-order valence-corrected chi connectivity index (χ2v) is 9.56. The van der Waals surface area contributed by atoms with Gasteiger partial charge in [0.15, 0.2) is 11.5 Å². The average Bonchev–Trinajstić information content (AvgIpc) is 3.57. The second-order valence-electron chi connectivity index (χ2n) is 9.12. The van der Waals surface area contributed by atoms with E-state index in [1.165, 1.54) is 0 Å². The molecule has 1 N–H and O–H groups in total. The zero-order valence-corrected chi connectivity index (χ0v) is 19.7. The van der Waals surface area contributed by atoms with Crippen molar-refractivity contribution in [1.29, 1.82) is 0 Å². The van der Waals surface area contributed by atoms with Crippen molar-refractivity contribution in [3.05, 3.63) is 65.2 Å². The van der Waals surface area contributed by atoms with E-state index in [9.17, 15) is 18.0 Å². The minimum atomic E-state index is -4.32. The van der Waals surface area contributed by atoms with Crippen LogP contribution in [-0.2, 0) is 10.2 Å². The molecule has 1 fully saturated rings. The number of carbonyl (C=O) groups is 1. The van der Waals surface area contributed by atoms with E-state index < -0.39 is 17.5 Å². The fourth-order valence-electron chi connectivity index (χ4n) is 4.91. The first kappa shape index (κ1) is 22.7. The number of anilines is 2. The number of alkyl halides is 3. The molecule has 1 saturated heterocycles. The van der Waals surface area contributed by atoms with Crippen LogP contribution in [0.4, 0.5) is 24.8 Å². The van der Waals surface area contributed by atoms with E-state index in [2.05, 4.69) is 20.3 Å². The summed E-state index contributed by atoms with van der Waals surface area (Å²) in [4.78, 5) is 32.8. The predicted molar refractivity (Wildman–Crippen MR) is 127 cm³/mol. The van der Waals surface area contributed by atoms with Gasteiger partial charge in [0.2, 0.25) is 5.91 Å². The third kappa shape index (κ3) is 3.48. The smallest absolute Gasteiger partial charge is 0.356 e. The summed E-state index contributed by atoms with van der Waals surface area (Å²) in [7, 11) is 0. The van der Waals surface area contributed by atoms with Gasteiger partial charge < -0.3 is 14.6 Å². The molecule has 0 bridgehead atoms. The van der Waals surface area contributed by atoms with Gasteiger partial charge in [-0.25, -0.2) is 19.9 Å². The molecule has 3 aromatic heterocycles. The van der Waals surface area contributed by atoms with Crippen molar-refractivity contribution < 1.29 is 18.0 Å². The van der Waals surface area contributed by atoms with Crippen LogP contribution in [0.5, 0.6) is 0 Å². The molecular weight excluding hydrogens is 495 g/mol. The number of carbonyl (C=O) groups excluding carboxylic acids is 1. The molecule has 184 valence electrons. The van der Waals surface area contributed by atoms with Gasteiger partial charge in [-0.15, -0.1) is 0 Å². The van der Waals surface area contributed by atoms with Gasteiger partial charge in [0.05, 0.1) is 17.7 Å². The monoisotopic (exact) mass is 513 g/mol. The summed E-state index contributed by atoms with van der Waals surface area (Å²) in [6.45, 7) is 1.61. The largest absolute Gasteiger partial charge is 0.393 e. The molecule has 1 amide bonds. The molecule has 12 heteroatoms. The quantitative estimate of drug-likeness (QED) is 0.434. The van der Waals surface area contributed by atoms with E-state index in [1.54, 1.807) is 65.3 Å². The Bertz CT molecular complexity index is 1500. The van der Waals surface area contributed by atoms with Gasteiger partial charge >= 0.3 is 6.18 Å².